The molecule has 11 heteroatoms. The van der Waals surface area contributed by atoms with Crippen LogP contribution in [0.3, 0.4) is 0 Å². The van der Waals surface area contributed by atoms with E-state index in [4.69, 9.17) is 9.47 Å². The van der Waals surface area contributed by atoms with Gasteiger partial charge in [-0.3, -0.25) is 14.4 Å². The van der Waals surface area contributed by atoms with Crippen LogP contribution < -0.4 is 49.7 Å². The van der Waals surface area contributed by atoms with Crippen molar-refractivity contribution in [2.45, 2.75) is 25.4 Å². The molecule has 186 valence electrons. The summed E-state index contributed by atoms with van der Waals surface area (Å²) in [7, 11) is 4.43. The number of likely N-dealkylation sites (N-methyl/N-ethyl adjacent to an activating group) is 1. The van der Waals surface area contributed by atoms with E-state index in [2.05, 4.69) is 10.6 Å². The molecule has 1 aliphatic rings. The number of nitrogens with one attached hydrogen (secondary N) is 2. The van der Waals surface area contributed by atoms with Gasteiger partial charge in [-0.1, -0.05) is 30.3 Å². The molecule has 3 N–H and O–H groups in total. The zero-order chi connectivity index (χ0) is 25.7. The van der Waals surface area contributed by atoms with Gasteiger partial charge in [0.15, 0.2) is 23.3 Å². The van der Waals surface area contributed by atoms with Crippen molar-refractivity contribution in [3.8, 4) is 22.6 Å². The molecule has 0 aliphatic carbocycles. The molecular weight excluding hydrogens is 477 g/mol. The number of Topliss-reactive ketones (excluding diaryl/α,β-unsaturated/α-hetero) is 1. The molecule has 2 unspecified atom stereocenters. The van der Waals surface area contributed by atoms with Crippen LogP contribution >= 0.6 is 0 Å². The monoisotopic (exact) mass is 505 g/mol. The number of benzene rings is 2. The topological polar surface area (TPSA) is 134 Å². The Hall–Kier alpha value is -3.34. The number of urea groups is 1. The van der Waals surface area contributed by atoms with Crippen LogP contribution in [-0.2, 0) is 14.4 Å². The summed E-state index contributed by atoms with van der Waals surface area (Å²) >= 11 is 0. The predicted molar refractivity (Wildman–Crippen MR) is 128 cm³/mol. The van der Waals surface area contributed by atoms with Crippen LogP contribution in [0.1, 0.15) is 26.4 Å². The number of carbonyl (C=O) groups excluding carboxylic acids is 3. The molecule has 3 rings (SSSR count). The average Bonchev–Trinajstić information content (AvgIpc) is 2.84. The zero-order valence-corrected chi connectivity index (χ0v) is 22.8. The van der Waals surface area contributed by atoms with Crippen molar-refractivity contribution < 1.29 is 64.7 Å². The van der Waals surface area contributed by atoms with E-state index in [1.54, 1.807) is 19.1 Å². The van der Waals surface area contributed by atoms with Gasteiger partial charge >= 0.3 is 41.6 Å². The Labute approximate surface area is 232 Å². The summed E-state index contributed by atoms with van der Waals surface area (Å²) in [4.78, 5) is 50.5. The van der Waals surface area contributed by atoms with Crippen molar-refractivity contribution in [1.82, 2.24) is 15.5 Å². The van der Waals surface area contributed by atoms with E-state index in [1.807, 2.05) is 30.3 Å². The standard InChI is InChI=1S/C25H27N3O7.Na.H/c1-14-13-28(2)24(32)21(22(14)31)27-25(33)26-18(12-20(29)30)16-10-17(15-8-6-5-7-9-15)23(35-4)19(11-16)34-3;;/h5-11,13,18,21H,12H2,1-4H3,(H,29,30)(H2,26,27,33);;/q;+1;-1. The van der Waals surface area contributed by atoms with Crippen LogP contribution in [0.5, 0.6) is 11.5 Å². The van der Waals surface area contributed by atoms with Crippen LogP contribution in [-0.4, -0.2) is 61.0 Å². The van der Waals surface area contributed by atoms with Gasteiger partial charge in [-0.05, 0) is 30.2 Å². The molecule has 2 aromatic carbocycles. The summed E-state index contributed by atoms with van der Waals surface area (Å²) in [6.45, 7) is 1.54. The second-order valence-electron chi connectivity index (χ2n) is 8.00. The van der Waals surface area contributed by atoms with Gasteiger partial charge in [0.1, 0.15) is 0 Å². The molecule has 3 amide bonds. The molecule has 0 spiro atoms. The maximum atomic E-state index is 12.8. The van der Waals surface area contributed by atoms with E-state index >= 15 is 0 Å². The molecule has 0 radical (unpaired) electrons. The number of ether oxygens (including phenoxy) is 2. The van der Waals surface area contributed by atoms with E-state index < -0.39 is 42.2 Å². The van der Waals surface area contributed by atoms with E-state index in [1.165, 1.54) is 32.4 Å². The number of carbonyl (C=O) groups is 4. The summed E-state index contributed by atoms with van der Waals surface area (Å²) in [5.41, 5.74) is 2.19. The molecule has 36 heavy (non-hydrogen) atoms. The van der Waals surface area contributed by atoms with Crippen LogP contribution in [0, 0.1) is 0 Å². The van der Waals surface area contributed by atoms with Crippen molar-refractivity contribution in [1.29, 1.82) is 0 Å². The number of methoxy groups -OCH3 is 2. The molecule has 0 saturated heterocycles. The summed E-state index contributed by atoms with van der Waals surface area (Å²) in [6, 6.07) is 9.30. The third-order valence-corrected chi connectivity index (χ3v) is 5.58. The largest absolute Gasteiger partial charge is 1.00 e. The summed E-state index contributed by atoms with van der Waals surface area (Å²) in [5.74, 6) is -1.49. The zero-order valence-electron chi connectivity index (χ0n) is 21.8. The van der Waals surface area contributed by atoms with E-state index in [0.29, 0.717) is 28.2 Å². The normalized spacial score (nSPS) is 15.8. The molecule has 0 saturated carbocycles. The maximum Gasteiger partial charge on any atom is 1.00 e. The van der Waals surface area contributed by atoms with Crippen LogP contribution in [0.2, 0.25) is 0 Å². The third kappa shape index (κ3) is 6.45. The first-order valence-electron chi connectivity index (χ1n) is 10.8. The Morgan fingerprint density at radius 3 is 2.39 bits per heavy atom. The number of amides is 3. The second-order valence-corrected chi connectivity index (χ2v) is 8.00. The predicted octanol–water partition coefficient (Wildman–Crippen LogP) is -0.384. The van der Waals surface area contributed by atoms with Crippen LogP contribution in [0.4, 0.5) is 4.79 Å². The molecule has 2 aromatic rings. The number of rotatable bonds is 8. The van der Waals surface area contributed by atoms with Crippen LogP contribution in [0.15, 0.2) is 54.2 Å². The number of carboxylic acids is 1. The average molecular weight is 506 g/mol. The van der Waals surface area contributed by atoms with E-state index in [-0.39, 0.29) is 31.0 Å². The summed E-state index contributed by atoms with van der Waals surface area (Å²) in [6.07, 6.45) is 0.936. The number of aliphatic carboxylic acids is 1. The SMILES string of the molecule is COc1cc(C(CC(=O)O)NC(=O)NC2C(=O)C(C)=CN(C)C2=O)cc(-c2ccccc2)c1OC.[H-].[Na+]. The van der Waals surface area contributed by atoms with Crippen molar-refractivity contribution >= 4 is 23.7 Å². The first-order valence-corrected chi connectivity index (χ1v) is 10.8. The minimum atomic E-state index is -1.40. The number of hydrogen-bond donors (Lipinski definition) is 3. The fourth-order valence-corrected chi connectivity index (χ4v) is 3.87. The minimum Gasteiger partial charge on any atom is -1.00 e. The smallest absolute Gasteiger partial charge is 1.00 e. The molecule has 0 bridgehead atoms. The fraction of sp³-hybridized carbons (Fsp3) is 0.280. The van der Waals surface area contributed by atoms with Crippen molar-refractivity contribution in [2.24, 2.45) is 0 Å². The second kappa shape index (κ2) is 12.6. The Kier molecular flexibility index (Phi) is 10.1. The van der Waals surface area contributed by atoms with Gasteiger partial charge in [-0.25, -0.2) is 4.79 Å². The molecule has 1 aliphatic heterocycles. The molecular formula is C25H28N3NaO7. The van der Waals surface area contributed by atoms with E-state index in [9.17, 15) is 24.3 Å². The number of carboxylic acid groups (broad SMARTS) is 1. The van der Waals surface area contributed by atoms with Gasteiger partial charge in [0, 0.05) is 24.4 Å². The molecule has 2 atom stereocenters. The van der Waals surface area contributed by atoms with Crippen LogP contribution in [0.25, 0.3) is 11.1 Å². The van der Waals surface area contributed by atoms with E-state index in [0.717, 1.165) is 5.56 Å². The Morgan fingerprint density at radius 1 is 1.14 bits per heavy atom. The van der Waals surface area contributed by atoms with Gasteiger partial charge < -0.3 is 31.5 Å². The first-order chi connectivity index (χ1) is 16.7. The number of nitrogens with zero attached hydrogens (tertiary/aromatic N) is 1. The Morgan fingerprint density at radius 2 is 1.81 bits per heavy atom. The van der Waals surface area contributed by atoms with Gasteiger partial charge in [0.25, 0.3) is 5.91 Å². The molecule has 0 aromatic heterocycles. The van der Waals surface area contributed by atoms with Gasteiger partial charge in [0.05, 0.1) is 26.7 Å². The Bertz CT molecular complexity index is 1190. The van der Waals surface area contributed by atoms with Gasteiger partial charge in [-0.15, -0.1) is 0 Å². The molecule has 10 nitrogen and oxygen atoms in total. The summed E-state index contributed by atoms with van der Waals surface area (Å²) < 4.78 is 11.0. The number of ketones is 1. The van der Waals surface area contributed by atoms with Crippen molar-refractivity contribution in [3.05, 3.63) is 59.8 Å². The molecule has 0 fully saturated rings. The Balaban J connectivity index is 0.00000342. The van der Waals surface area contributed by atoms with Gasteiger partial charge in [0.2, 0.25) is 0 Å². The van der Waals surface area contributed by atoms with Gasteiger partial charge in [-0.2, -0.15) is 0 Å². The fourth-order valence-electron chi connectivity index (χ4n) is 3.87. The van der Waals surface area contributed by atoms with Crippen molar-refractivity contribution in [2.75, 3.05) is 21.3 Å². The molecule has 1 heterocycles. The quantitative estimate of drug-likeness (QED) is 0.329. The maximum absolute atomic E-state index is 12.8. The van der Waals surface area contributed by atoms with Crippen molar-refractivity contribution in [3.63, 3.8) is 0 Å². The first kappa shape index (κ1) is 28.9. The number of hydrogen-bond acceptors (Lipinski definition) is 6. The summed E-state index contributed by atoms with van der Waals surface area (Å²) in [5, 5.41) is 14.4. The third-order valence-electron chi connectivity index (χ3n) is 5.58. The minimum absolute atomic E-state index is 0.